The average Bonchev–Trinajstić information content (AvgIpc) is 2.37. The second-order valence-electron chi connectivity index (χ2n) is 4.80. The molecular formula is C15H25NOS. The van der Waals surface area contributed by atoms with Gasteiger partial charge in [-0.25, -0.2) is 0 Å². The number of aliphatic hydroxyl groups excluding tert-OH is 1. The number of rotatable bonds is 8. The predicted octanol–water partition coefficient (Wildman–Crippen LogP) is 3.22. The Morgan fingerprint density at radius 3 is 2.67 bits per heavy atom. The van der Waals surface area contributed by atoms with Gasteiger partial charge in [0.05, 0.1) is 6.10 Å². The fourth-order valence-electron chi connectivity index (χ4n) is 2.31. The van der Waals surface area contributed by atoms with E-state index >= 15 is 0 Å². The summed E-state index contributed by atoms with van der Waals surface area (Å²) >= 11 is 4.51. The van der Waals surface area contributed by atoms with Gasteiger partial charge in [-0.05, 0) is 56.8 Å². The van der Waals surface area contributed by atoms with E-state index in [2.05, 4.69) is 30.9 Å². The Balaban J connectivity index is 2.54. The van der Waals surface area contributed by atoms with Crippen LogP contribution in [-0.4, -0.2) is 24.8 Å². The van der Waals surface area contributed by atoms with E-state index in [0.717, 1.165) is 37.1 Å². The van der Waals surface area contributed by atoms with Crippen molar-refractivity contribution in [1.82, 2.24) is 5.32 Å². The van der Waals surface area contributed by atoms with E-state index in [4.69, 9.17) is 0 Å². The number of thiol groups is 1. The highest BCUT2D eigenvalue weighted by Gasteiger charge is 2.16. The third-order valence-electron chi connectivity index (χ3n) is 3.39. The highest BCUT2D eigenvalue weighted by molar-refractivity contribution is 7.80. The SMILES string of the molecule is CCC(CC(O)CCCNC)c1ccccc1S. The molecule has 102 valence electrons. The summed E-state index contributed by atoms with van der Waals surface area (Å²) < 4.78 is 0. The monoisotopic (exact) mass is 267 g/mol. The lowest BCUT2D eigenvalue weighted by atomic mass is 9.89. The van der Waals surface area contributed by atoms with Crippen LogP contribution in [0.5, 0.6) is 0 Å². The highest BCUT2D eigenvalue weighted by Crippen LogP contribution is 2.30. The van der Waals surface area contributed by atoms with Gasteiger partial charge in [0.1, 0.15) is 0 Å². The molecule has 0 heterocycles. The molecule has 0 saturated heterocycles. The van der Waals surface area contributed by atoms with E-state index in [0.29, 0.717) is 5.92 Å². The summed E-state index contributed by atoms with van der Waals surface area (Å²) in [7, 11) is 1.94. The Morgan fingerprint density at radius 2 is 2.06 bits per heavy atom. The molecule has 1 aromatic carbocycles. The molecule has 3 heteroatoms. The van der Waals surface area contributed by atoms with Crippen LogP contribution < -0.4 is 5.32 Å². The molecule has 2 atom stereocenters. The van der Waals surface area contributed by atoms with Crippen molar-refractivity contribution in [3.05, 3.63) is 29.8 Å². The first-order valence-corrected chi connectivity index (χ1v) is 7.24. The molecule has 2 N–H and O–H groups in total. The maximum Gasteiger partial charge on any atom is 0.0546 e. The van der Waals surface area contributed by atoms with Crippen LogP contribution in [0.1, 0.15) is 44.1 Å². The smallest absolute Gasteiger partial charge is 0.0546 e. The van der Waals surface area contributed by atoms with Crippen molar-refractivity contribution in [2.75, 3.05) is 13.6 Å². The lowest BCUT2D eigenvalue weighted by Gasteiger charge is -2.20. The van der Waals surface area contributed by atoms with Crippen LogP contribution in [0.2, 0.25) is 0 Å². The second kappa shape index (κ2) is 8.57. The van der Waals surface area contributed by atoms with Crippen molar-refractivity contribution in [1.29, 1.82) is 0 Å². The Labute approximate surface area is 116 Å². The van der Waals surface area contributed by atoms with E-state index in [1.54, 1.807) is 0 Å². The topological polar surface area (TPSA) is 32.3 Å². The van der Waals surface area contributed by atoms with Crippen molar-refractivity contribution < 1.29 is 5.11 Å². The predicted molar refractivity (Wildman–Crippen MR) is 80.5 cm³/mol. The molecule has 0 saturated carbocycles. The minimum atomic E-state index is -0.212. The summed E-state index contributed by atoms with van der Waals surface area (Å²) in [4.78, 5) is 1.03. The average molecular weight is 267 g/mol. The minimum absolute atomic E-state index is 0.212. The third-order valence-corrected chi connectivity index (χ3v) is 3.80. The molecule has 2 unspecified atom stereocenters. The van der Waals surface area contributed by atoms with Gasteiger partial charge in [0, 0.05) is 4.90 Å². The zero-order valence-electron chi connectivity index (χ0n) is 11.4. The molecule has 0 aliphatic heterocycles. The molecule has 2 nitrogen and oxygen atoms in total. The van der Waals surface area contributed by atoms with Gasteiger partial charge in [-0.3, -0.25) is 0 Å². The molecule has 0 spiro atoms. The van der Waals surface area contributed by atoms with E-state index in [1.165, 1.54) is 5.56 Å². The van der Waals surface area contributed by atoms with E-state index < -0.39 is 0 Å². The standard InChI is InChI=1S/C15H25NOS/c1-3-12(11-13(17)7-6-10-16-2)14-8-4-5-9-15(14)18/h4-5,8-9,12-13,16-18H,3,6-7,10-11H2,1-2H3. The van der Waals surface area contributed by atoms with Gasteiger partial charge in [0.25, 0.3) is 0 Å². The maximum absolute atomic E-state index is 10.1. The number of hydrogen-bond donors (Lipinski definition) is 3. The Bertz CT molecular complexity index is 343. The first kappa shape index (κ1) is 15.5. The maximum atomic E-state index is 10.1. The summed E-state index contributed by atoms with van der Waals surface area (Å²) in [5.74, 6) is 0.406. The molecule has 18 heavy (non-hydrogen) atoms. The van der Waals surface area contributed by atoms with Gasteiger partial charge in [0.15, 0.2) is 0 Å². The van der Waals surface area contributed by atoms with Crippen LogP contribution in [0.15, 0.2) is 29.2 Å². The minimum Gasteiger partial charge on any atom is -0.393 e. The van der Waals surface area contributed by atoms with Crippen LogP contribution in [0, 0.1) is 0 Å². The fourth-order valence-corrected chi connectivity index (χ4v) is 2.65. The normalized spacial score (nSPS) is 14.4. The van der Waals surface area contributed by atoms with Gasteiger partial charge >= 0.3 is 0 Å². The van der Waals surface area contributed by atoms with Crippen LogP contribution in [0.25, 0.3) is 0 Å². The molecule has 0 aromatic heterocycles. The molecule has 0 aliphatic rings. The Kier molecular flexibility index (Phi) is 7.40. The van der Waals surface area contributed by atoms with Gasteiger partial charge < -0.3 is 10.4 Å². The van der Waals surface area contributed by atoms with Crippen LogP contribution >= 0.6 is 12.6 Å². The quantitative estimate of drug-likeness (QED) is 0.499. The molecular weight excluding hydrogens is 242 g/mol. The first-order valence-electron chi connectivity index (χ1n) is 6.79. The third kappa shape index (κ3) is 5.01. The number of nitrogens with one attached hydrogen (secondary N) is 1. The number of hydrogen-bond acceptors (Lipinski definition) is 3. The van der Waals surface area contributed by atoms with Crippen LogP contribution in [0.4, 0.5) is 0 Å². The zero-order chi connectivity index (χ0) is 13.4. The number of aliphatic hydroxyl groups is 1. The van der Waals surface area contributed by atoms with E-state index in [1.807, 2.05) is 25.2 Å². The summed E-state index contributed by atoms with van der Waals surface area (Å²) in [5.41, 5.74) is 1.26. The lowest BCUT2D eigenvalue weighted by molar-refractivity contribution is 0.141. The Morgan fingerprint density at radius 1 is 1.33 bits per heavy atom. The van der Waals surface area contributed by atoms with Crippen LogP contribution in [0.3, 0.4) is 0 Å². The van der Waals surface area contributed by atoms with E-state index in [-0.39, 0.29) is 6.10 Å². The van der Waals surface area contributed by atoms with Crippen molar-refractivity contribution >= 4 is 12.6 Å². The van der Waals surface area contributed by atoms with Gasteiger partial charge in [-0.1, -0.05) is 25.1 Å². The van der Waals surface area contributed by atoms with E-state index in [9.17, 15) is 5.11 Å². The molecule has 0 aliphatic carbocycles. The largest absolute Gasteiger partial charge is 0.393 e. The Hall–Kier alpha value is -0.510. The first-order chi connectivity index (χ1) is 8.69. The van der Waals surface area contributed by atoms with Crippen molar-refractivity contribution in [2.24, 2.45) is 0 Å². The lowest BCUT2D eigenvalue weighted by Crippen LogP contribution is -2.16. The summed E-state index contributed by atoms with van der Waals surface area (Å²) in [6.45, 7) is 3.14. The molecule has 1 rings (SSSR count). The molecule has 0 radical (unpaired) electrons. The van der Waals surface area contributed by atoms with Crippen molar-refractivity contribution in [3.63, 3.8) is 0 Å². The summed E-state index contributed by atoms with van der Waals surface area (Å²) in [5, 5.41) is 13.2. The number of benzene rings is 1. The highest BCUT2D eigenvalue weighted by atomic mass is 32.1. The van der Waals surface area contributed by atoms with Gasteiger partial charge in [-0.2, -0.15) is 0 Å². The summed E-state index contributed by atoms with van der Waals surface area (Å²) in [6, 6.07) is 8.19. The van der Waals surface area contributed by atoms with Gasteiger partial charge in [0.2, 0.25) is 0 Å². The van der Waals surface area contributed by atoms with Gasteiger partial charge in [-0.15, -0.1) is 12.6 Å². The fraction of sp³-hybridized carbons (Fsp3) is 0.600. The summed E-state index contributed by atoms with van der Waals surface area (Å²) in [6.07, 6.45) is 3.55. The molecule has 0 bridgehead atoms. The van der Waals surface area contributed by atoms with Crippen molar-refractivity contribution in [2.45, 2.75) is 49.5 Å². The molecule has 0 fully saturated rings. The van der Waals surface area contributed by atoms with Crippen LogP contribution in [-0.2, 0) is 0 Å². The molecule has 0 amide bonds. The zero-order valence-corrected chi connectivity index (χ0v) is 12.3. The second-order valence-corrected chi connectivity index (χ2v) is 5.28. The molecule has 1 aromatic rings. The van der Waals surface area contributed by atoms with Crippen molar-refractivity contribution in [3.8, 4) is 0 Å².